The van der Waals surface area contributed by atoms with Gasteiger partial charge in [-0.1, -0.05) is 60.7 Å². The molecule has 100 valence electrons. The number of fused-ring (bicyclic) bond motifs is 1. The van der Waals surface area contributed by atoms with Crippen LogP contribution in [0.2, 0.25) is 0 Å². The number of nitrogens with zero attached hydrogens (tertiary/aromatic N) is 3. The highest BCUT2D eigenvalue weighted by Crippen LogP contribution is 2.21. The normalized spacial score (nSPS) is 10.9. The molecule has 21 heavy (non-hydrogen) atoms. The monoisotopic (exact) mass is 272 g/mol. The lowest BCUT2D eigenvalue weighted by Crippen LogP contribution is -1.88. The lowest BCUT2D eigenvalue weighted by atomic mass is 10.2. The predicted octanol–water partition coefficient (Wildman–Crippen LogP) is 3.69. The average molecular weight is 272 g/mol. The van der Waals surface area contributed by atoms with E-state index < -0.39 is 0 Å². The van der Waals surface area contributed by atoms with Crippen molar-refractivity contribution in [1.82, 2.24) is 19.9 Å². The van der Waals surface area contributed by atoms with E-state index in [1.807, 2.05) is 60.7 Å². The van der Waals surface area contributed by atoms with Gasteiger partial charge in [0.2, 0.25) is 0 Å². The second kappa shape index (κ2) is 4.83. The number of nitrogens with one attached hydrogen (secondary N) is 1. The topological polar surface area (TPSA) is 54.5 Å². The molecule has 0 atom stereocenters. The Morgan fingerprint density at radius 2 is 1.38 bits per heavy atom. The van der Waals surface area contributed by atoms with Crippen LogP contribution in [0, 0.1) is 0 Å². The maximum Gasteiger partial charge on any atom is 0.181 e. The van der Waals surface area contributed by atoms with Crippen molar-refractivity contribution in [2.24, 2.45) is 0 Å². The van der Waals surface area contributed by atoms with Crippen LogP contribution in [0.1, 0.15) is 0 Å². The molecule has 0 bridgehead atoms. The van der Waals surface area contributed by atoms with Gasteiger partial charge in [0.05, 0.1) is 6.20 Å². The summed E-state index contributed by atoms with van der Waals surface area (Å²) in [7, 11) is 0. The Morgan fingerprint density at radius 3 is 2.10 bits per heavy atom. The summed E-state index contributed by atoms with van der Waals surface area (Å²) in [5.74, 6) is 1.50. The second-order valence-electron chi connectivity index (χ2n) is 4.75. The van der Waals surface area contributed by atoms with Crippen LogP contribution in [0.15, 0.2) is 66.9 Å². The molecule has 0 fully saturated rings. The Balaban J connectivity index is 1.82. The maximum absolute atomic E-state index is 4.56. The third kappa shape index (κ3) is 2.17. The third-order valence-electron chi connectivity index (χ3n) is 3.32. The van der Waals surface area contributed by atoms with Crippen molar-refractivity contribution in [3.8, 4) is 22.8 Å². The molecule has 2 heterocycles. The SMILES string of the molecule is c1ccc(-c2ncc3[nH]c(-c4ccccc4)nc3n2)cc1. The molecule has 0 spiro atoms. The molecule has 0 aliphatic carbocycles. The van der Waals surface area contributed by atoms with Crippen LogP contribution in [0.5, 0.6) is 0 Å². The summed E-state index contributed by atoms with van der Waals surface area (Å²) in [6.07, 6.45) is 1.78. The van der Waals surface area contributed by atoms with Crippen molar-refractivity contribution in [3.63, 3.8) is 0 Å². The molecule has 2 aromatic heterocycles. The average Bonchev–Trinajstić information content (AvgIpc) is 2.99. The molecule has 0 saturated carbocycles. The Bertz CT molecular complexity index is 845. The van der Waals surface area contributed by atoms with E-state index in [1.165, 1.54) is 0 Å². The summed E-state index contributed by atoms with van der Waals surface area (Å²) in [6.45, 7) is 0. The van der Waals surface area contributed by atoms with Crippen molar-refractivity contribution in [2.75, 3.05) is 0 Å². The van der Waals surface area contributed by atoms with Gasteiger partial charge in [-0.3, -0.25) is 0 Å². The van der Waals surface area contributed by atoms with Crippen LogP contribution >= 0.6 is 0 Å². The maximum atomic E-state index is 4.56. The number of rotatable bonds is 2. The number of hydrogen-bond acceptors (Lipinski definition) is 3. The molecular weight excluding hydrogens is 260 g/mol. The van der Waals surface area contributed by atoms with Gasteiger partial charge in [0.15, 0.2) is 11.5 Å². The smallest absolute Gasteiger partial charge is 0.181 e. The first-order valence-electron chi connectivity index (χ1n) is 6.74. The van der Waals surface area contributed by atoms with Gasteiger partial charge in [0.25, 0.3) is 0 Å². The van der Waals surface area contributed by atoms with E-state index in [0.717, 1.165) is 22.5 Å². The van der Waals surface area contributed by atoms with Gasteiger partial charge < -0.3 is 4.98 Å². The number of H-pyrrole nitrogens is 1. The fraction of sp³-hybridized carbons (Fsp3) is 0. The zero-order valence-electron chi connectivity index (χ0n) is 11.2. The third-order valence-corrected chi connectivity index (χ3v) is 3.32. The van der Waals surface area contributed by atoms with Crippen LogP contribution < -0.4 is 0 Å². The quantitative estimate of drug-likeness (QED) is 0.605. The first-order chi connectivity index (χ1) is 10.4. The predicted molar refractivity (Wildman–Crippen MR) is 82.6 cm³/mol. The second-order valence-corrected chi connectivity index (χ2v) is 4.75. The van der Waals surface area contributed by atoms with Crippen LogP contribution in [0.4, 0.5) is 0 Å². The molecule has 2 aromatic carbocycles. The Kier molecular flexibility index (Phi) is 2.71. The van der Waals surface area contributed by atoms with Crippen molar-refractivity contribution >= 4 is 11.2 Å². The van der Waals surface area contributed by atoms with Gasteiger partial charge in [-0.25, -0.2) is 15.0 Å². The number of aromatic amines is 1. The highest BCUT2D eigenvalue weighted by molar-refractivity contribution is 5.77. The molecular formula is C17H12N4. The van der Waals surface area contributed by atoms with Crippen molar-refractivity contribution < 1.29 is 0 Å². The van der Waals surface area contributed by atoms with Crippen LogP contribution in [-0.4, -0.2) is 19.9 Å². The van der Waals surface area contributed by atoms with E-state index in [1.54, 1.807) is 6.20 Å². The molecule has 4 aromatic rings. The van der Waals surface area contributed by atoms with Crippen LogP contribution in [-0.2, 0) is 0 Å². The summed E-state index contributed by atoms with van der Waals surface area (Å²) < 4.78 is 0. The summed E-state index contributed by atoms with van der Waals surface area (Å²) in [5, 5.41) is 0. The fourth-order valence-electron chi connectivity index (χ4n) is 2.27. The Morgan fingerprint density at radius 1 is 0.714 bits per heavy atom. The van der Waals surface area contributed by atoms with Gasteiger partial charge in [-0.2, -0.15) is 0 Å². The lowest BCUT2D eigenvalue weighted by molar-refractivity contribution is 1.21. The van der Waals surface area contributed by atoms with Crippen LogP contribution in [0.3, 0.4) is 0 Å². The summed E-state index contributed by atoms with van der Waals surface area (Å²) in [4.78, 5) is 16.8. The Hall–Kier alpha value is -3.01. The fourth-order valence-corrected chi connectivity index (χ4v) is 2.27. The van der Waals surface area contributed by atoms with E-state index >= 15 is 0 Å². The molecule has 0 saturated heterocycles. The Labute approximate surface area is 121 Å². The van der Waals surface area contributed by atoms with Gasteiger partial charge >= 0.3 is 0 Å². The van der Waals surface area contributed by atoms with E-state index in [4.69, 9.17) is 0 Å². The molecule has 0 aliphatic heterocycles. The minimum atomic E-state index is 0.683. The molecule has 1 N–H and O–H groups in total. The number of aromatic nitrogens is 4. The van der Waals surface area contributed by atoms with Gasteiger partial charge in [0, 0.05) is 11.1 Å². The number of imidazole rings is 1. The standard InChI is InChI=1S/C17H12N4/c1-3-7-12(8-4-1)15-18-11-14-17(20-15)21-16(19-14)13-9-5-2-6-10-13/h1-11H,(H,18,19,20,21). The molecule has 4 heteroatoms. The summed E-state index contributed by atoms with van der Waals surface area (Å²) >= 11 is 0. The van der Waals surface area contributed by atoms with Crippen molar-refractivity contribution in [3.05, 3.63) is 66.9 Å². The first kappa shape index (κ1) is 11.8. The zero-order valence-corrected chi connectivity index (χ0v) is 11.2. The number of hydrogen-bond donors (Lipinski definition) is 1. The highest BCUT2D eigenvalue weighted by Gasteiger charge is 2.08. The van der Waals surface area contributed by atoms with Gasteiger partial charge in [-0.15, -0.1) is 0 Å². The minimum absolute atomic E-state index is 0.683. The van der Waals surface area contributed by atoms with E-state index in [-0.39, 0.29) is 0 Å². The molecule has 4 rings (SSSR count). The molecule has 0 unspecified atom stereocenters. The first-order valence-corrected chi connectivity index (χ1v) is 6.74. The zero-order chi connectivity index (χ0) is 14.1. The van der Waals surface area contributed by atoms with E-state index in [0.29, 0.717) is 11.5 Å². The number of benzene rings is 2. The largest absolute Gasteiger partial charge is 0.335 e. The van der Waals surface area contributed by atoms with Crippen molar-refractivity contribution in [2.45, 2.75) is 0 Å². The summed E-state index contributed by atoms with van der Waals surface area (Å²) in [5.41, 5.74) is 3.55. The van der Waals surface area contributed by atoms with E-state index in [9.17, 15) is 0 Å². The highest BCUT2D eigenvalue weighted by atomic mass is 15.0. The van der Waals surface area contributed by atoms with Gasteiger partial charge in [-0.05, 0) is 0 Å². The summed E-state index contributed by atoms with van der Waals surface area (Å²) in [6, 6.07) is 19.9. The van der Waals surface area contributed by atoms with Crippen molar-refractivity contribution in [1.29, 1.82) is 0 Å². The lowest BCUT2D eigenvalue weighted by Gasteiger charge is -1.97. The molecule has 0 aliphatic rings. The van der Waals surface area contributed by atoms with Crippen LogP contribution in [0.25, 0.3) is 33.9 Å². The van der Waals surface area contributed by atoms with Gasteiger partial charge in [0.1, 0.15) is 11.3 Å². The molecule has 0 radical (unpaired) electrons. The minimum Gasteiger partial charge on any atom is -0.335 e. The molecule has 0 amide bonds. The van der Waals surface area contributed by atoms with E-state index in [2.05, 4.69) is 19.9 Å². The molecule has 4 nitrogen and oxygen atoms in total.